The maximum Gasteiger partial charge on any atom is 0.251 e. The van der Waals surface area contributed by atoms with Crippen molar-refractivity contribution in [2.24, 2.45) is 0 Å². The van der Waals surface area contributed by atoms with Crippen LogP contribution < -0.4 is 5.32 Å². The maximum atomic E-state index is 12.2. The SMILES string of the molecule is CC(NC(=O)c1ccc2cn[nH]c2c1)C1CCCO1. The molecule has 2 atom stereocenters. The number of nitrogens with zero attached hydrogens (tertiary/aromatic N) is 1. The zero-order valence-electron chi connectivity index (χ0n) is 10.8. The van der Waals surface area contributed by atoms with Crippen LogP contribution in [0.25, 0.3) is 10.9 Å². The minimum atomic E-state index is -0.0699. The molecule has 1 aliphatic heterocycles. The number of hydrogen-bond donors (Lipinski definition) is 2. The minimum Gasteiger partial charge on any atom is -0.376 e. The van der Waals surface area contributed by atoms with Crippen molar-refractivity contribution in [3.8, 4) is 0 Å². The van der Waals surface area contributed by atoms with Crippen molar-refractivity contribution in [1.82, 2.24) is 15.5 Å². The number of rotatable bonds is 3. The maximum absolute atomic E-state index is 12.2. The van der Waals surface area contributed by atoms with Gasteiger partial charge in [-0.05, 0) is 31.9 Å². The molecule has 0 saturated carbocycles. The van der Waals surface area contributed by atoms with E-state index in [0.29, 0.717) is 5.56 Å². The zero-order valence-corrected chi connectivity index (χ0v) is 10.8. The Kier molecular flexibility index (Phi) is 3.21. The summed E-state index contributed by atoms with van der Waals surface area (Å²) in [7, 11) is 0. The van der Waals surface area contributed by atoms with E-state index in [2.05, 4.69) is 15.5 Å². The van der Waals surface area contributed by atoms with Gasteiger partial charge in [-0.2, -0.15) is 5.10 Å². The first-order valence-electron chi connectivity index (χ1n) is 6.59. The second-order valence-electron chi connectivity index (χ2n) is 4.99. The highest BCUT2D eigenvalue weighted by atomic mass is 16.5. The zero-order chi connectivity index (χ0) is 13.2. The molecule has 2 aromatic rings. The second-order valence-corrected chi connectivity index (χ2v) is 4.99. The summed E-state index contributed by atoms with van der Waals surface area (Å²) in [5.74, 6) is -0.0699. The first-order chi connectivity index (χ1) is 9.24. The number of hydrogen-bond acceptors (Lipinski definition) is 3. The predicted octanol–water partition coefficient (Wildman–Crippen LogP) is 1.86. The number of amides is 1. The van der Waals surface area contributed by atoms with Crippen molar-refractivity contribution in [2.45, 2.75) is 31.9 Å². The van der Waals surface area contributed by atoms with Crippen LogP contribution in [0, 0.1) is 0 Å². The summed E-state index contributed by atoms with van der Waals surface area (Å²) in [4.78, 5) is 12.2. The summed E-state index contributed by atoms with van der Waals surface area (Å²) in [6.45, 7) is 2.79. The number of benzene rings is 1. The molecule has 2 heterocycles. The van der Waals surface area contributed by atoms with Gasteiger partial charge < -0.3 is 10.1 Å². The molecule has 3 rings (SSSR count). The van der Waals surface area contributed by atoms with Gasteiger partial charge in [0.25, 0.3) is 5.91 Å². The van der Waals surface area contributed by atoms with Crippen LogP contribution in [0.5, 0.6) is 0 Å². The predicted molar refractivity (Wildman–Crippen MR) is 72.0 cm³/mol. The lowest BCUT2D eigenvalue weighted by molar-refractivity contribution is 0.0712. The molecule has 0 aliphatic carbocycles. The molecule has 5 nitrogen and oxygen atoms in total. The van der Waals surface area contributed by atoms with Crippen LogP contribution in [0.1, 0.15) is 30.1 Å². The Bertz CT molecular complexity index is 587. The summed E-state index contributed by atoms with van der Waals surface area (Å²) >= 11 is 0. The van der Waals surface area contributed by atoms with Gasteiger partial charge in [-0.25, -0.2) is 0 Å². The average Bonchev–Trinajstić information content (AvgIpc) is 3.09. The van der Waals surface area contributed by atoms with Gasteiger partial charge >= 0.3 is 0 Å². The van der Waals surface area contributed by atoms with Crippen LogP contribution in [0.2, 0.25) is 0 Å². The van der Waals surface area contributed by atoms with Crippen LogP contribution in [0.4, 0.5) is 0 Å². The molecular weight excluding hydrogens is 242 g/mol. The molecule has 1 fully saturated rings. The Morgan fingerprint density at radius 1 is 1.58 bits per heavy atom. The lowest BCUT2D eigenvalue weighted by Crippen LogP contribution is -2.40. The summed E-state index contributed by atoms with van der Waals surface area (Å²) in [6, 6.07) is 5.56. The Morgan fingerprint density at radius 2 is 2.47 bits per heavy atom. The first kappa shape index (κ1) is 12.2. The number of carbonyl (C=O) groups excluding carboxylic acids is 1. The van der Waals surface area contributed by atoms with Gasteiger partial charge in [0.15, 0.2) is 0 Å². The van der Waals surface area contributed by atoms with Gasteiger partial charge in [-0.3, -0.25) is 9.89 Å². The third-order valence-corrected chi connectivity index (χ3v) is 3.59. The second kappa shape index (κ2) is 5.01. The van der Waals surface area contributed by atoms with E-state index in [9.17, 15) is 4.79 Å². The fourth-order valence-corrected chi connectivity index (χ4v) is 2.46. The summed E-state index contributed by atoms with van der Waals surface area (Å²) < 4.78 is 5.58. The van der Waals surface area contributed by atoms with Crippen molar-refractivity contribution < 1.29 is 9.53 Å². The molecule has 0 bridgehead atoms. The van der Waals surface area contributed by atoms with E-state index in [0.717, 1.165) is 30.4 Å². The summed E-state index contributed by atoms with van der Waals surface area (Å²) in [5, 5.41) is 10.8. The molecule has 5 heteroatoms. The first-order valence-corrected chi connectivity index (χ1v) is 6.59. The van der Waals surface area contributed by atoms with E-state index in [1.54, 1.807) is 6.20 Å². The highest BCUT2D eigenvalue weighted by Crippen LogP contribution is 2.17. The Morgan fingerprint density at radius 3 is 3.26 bits per heavy atom. The Balaban J connectivity index is 1.71. The third kappa shape index (κ3) is 2.46. The fourth-order valence-electron chi connectivity index (χ4n) is 2.46. The van der Waals surface area contributed by atoms with Crippen molar-refractivity contribution in [3.63, 3.8) is 0 Å². The van der Waals surface area contributed by atoms with Crippen LogP contribution >= 0.6 is 0 Å². The average molecular weight is 259 g/mol. The highest BCUT2D eigenvalue weighted by molar-refractivity contribution is 5.97. The van der Waals surface area contributed by atoms with Crippen LogP contribution in [0.3, 0.4) is 0 Å². The highest BCUT2D eigenvalue weighted by Gasteiger charge is 2.23. The number of ether oxygens (including phenoxy) is 1. The van der Waals surface area contributed by atoms with Crippen molar-refractivity contribution >= 4 is 16.8 Å². The van der Waals surface area contributed by atoms with E-state index < -0.39 is 0 Å². The van der Waals surface area contributed by atoms with E-state index >= 15 is 0 Å². The third-order valence-electron chi connectivity index (χ3n) is 3.59. The van der Waals surface area contributed by atoms with Crippen LogP contribution in [-0.4, -0.2) is 34.9 Å². The van der Waals surface area contributed by atoms with Crippen LogP contribution in [-0.2, 0) is 4.74 Å². The van der Waals surface area contributed by atoms with Gasteiger partial charge in [0.2, 0.25) is 0 Å². The molecule has 1 saturated heterocycles. The quantitative estimate of drug-likeness (QED) is 0.884. The van der Waals surface area contributed by atoms with Gasteiger partial charge in [0, 0.05) is 17.6 Å². The van der Waals surface area contributed by atoms with Gasteiger partial charge in [-0.1, -0.05) is 6.07 Å². The molecule has 19 heavy (non-hydrogen) atoms. The molecule has 1 aromatic carbocycles. The molecule has 0 spiro atoms. The Labute approximate surface area is 111 Å². The number of nitrogens with one attached hydrogen (secondary N) is 2. The molecule has 2 N–H and O–H groups in total. The van der Waals surface area contributed by atoms with Crippen molar-refractivity contribution in [2.75, 3.05) is 6.61 Å². The molecule has 0 radical (unpaired) electrons. The molecule has 1 amide bonds. The molecule has 1 aromatic heterocycles. The van der Waals surface area contributed by atoms with Gasteiger partial charge in [0.05, 0.1) is 23.9 Å². The normalized spacial score (nSPS) is 20.6. The smallest absolute Gasteiger partial charge is 0.251 e. The largest absolute Gasteiger partial charge is 0.376 e. The molecular formula is C14H17N3O2. The number of carbonyl (C=O) groups is 1. The summed E-state index contributed by atoms with van der Waals surface area (Å²) in [5.41, 5.74) is 1.51. The lowest BCUT2D eigenvalue weighted by Gasteiger charge is -2.19. The van der Waals surface area contributed by atoms with Crippen molar-refractivity contribution in [3.05, 3.63) is 30.0 Å². The lowest BCUT2D eigenvalue weighted by atomic mass is 10.1. The van der Waals surface area contributed by atoms with E-state index in [1.807, 2.05) is 25.1 Å². The van der Waals surface area contributed by atoms with E-state index in [4.69, 9.17) is 4.74 Å². The van der Waals surface area contributed by atoms with Gasteiger partial charge in [-0.15, -0.1) is 0 Å². The van der Waals surface area contributed by atoms with E-state index in [-0.39, 0.29) is 18.1 Å². The topological polar surface area (TPSA) is 67.0 Å². The number of fused-ring (bicyclic) bond motifs is 1. The van der Waals surface area contributed by atoms with Gasteiger partial charge in [0.1, 0.15) is 0 Å². The Hall–Kier alpha value is -1.88. The molecule has 2 unspecified atom stereocenters. The minimum absolute atomic E-state index is 0.0347. The standard InChI is InChI=1S/C14H17N3O2/c1-9(13-3-2-6-19-13)16-14(18)10-4-5-11-8-15-17-12(11)7-10/h4-5,7-9,13H,2-3,6H2,1H3,(H,15,17)(H,16,18). The summed E-state index contributed by atoms with van der Waals surface area (Å²) in [6.07, 6.45) is 3.97. The van der Waals surface area contributed by atoms with Crippen molar-refractivity contribution in [1.29, 1.82) is 0 Å². The molecule has 100 valence electrons. The number of aromatic amines is 1. The fraction of sp³-hybridized carbons (Fsp3) is 0.429. The molecule has 1 aliphatic rings. The van der Waals surface area contributed by atoms with Crippen LogP contribution in [0.15, 0.2) is 24.4 Å². The monoisotopic (exact) mass is 259 g/mol. The number of aromatic nitrogens is 2. The van der Waals surface area contributed by atoms with E-state index in [1.165, 1.54) is 0 Å². The number of H-pyrrole nitrogens is 1.